The molecular formula is C14H18ClN3S. The monoisotopic (exact) mass is 295 g/mol. The normalized spacial score (nSPS) is 12.6. The predicted molar refractivity (Wildman–Crippen MR) is 81.8 cm³/mol. The molecule has 0 saturated carbocycles. The summed E-state index contributed by atoms with van der Waals surface area (Å²) in [7, 11) is 1.93. The third-order valence-corrected chi connectivity index (χ3v) is 4.27. The molecule has 0 fully saturated rings. The van der Waals surface area contributed by atoms with E-state index in [1.807, 2.05) is 29.6 Å². The number of benzene rings is 1. The Morgan fingerprint density at radius 1 is 1.37 bits per heavy atom. The third-order valence-electron chi connectivity index (χ3n) is 2.88. The molecule has 0 amide bonds. The zero-order valence-electron chi connectivity index (χ0n) is 11.1. The Labute approximate surface area is 123 Å². The maximum atomic E-state index is 6.22. The van der Waals surface area contributed by atoms with Gasteiger partial charge in [-0.05, 0) is 18.7 Å². The van der Waals surface area contributed by atoms with Crippen molar-refractivity contribution < 1.29 is 0 Å². The van der Waals surface area contributed by atoms with Gasteiger partial charge in [0, 0.05) is 17.7 Å². The standard InChI is InChI=1S/C14H18ClN3S/c1-3-16-13(14-12(15)9-17-18(14)2)10-19-11-7-5-4-6-8-11/h4-9,13,16H,3,10H2,1-2H3. The quantitative estimate of drug-likeness (QED) is 0.827. The van der Waals surface area contributed by atoms with E-state index in [1.165, 1.54) is 4.90 Å². The van der Waals surface area contributed by atoms with Crippen LogP contribution in [0.25, 0.3) is 0 Å². The van der Waals surface area contributed by atoms with Crippen LogP contribution in [0.15, 0.2) is 41.4 Å². The molecule has 1 aromatic heterocycles. The molecule has 0 aliphatic rings. The summed E-state index contributed by atoms with van der Waals surface area (Å²) in [5.41, 5.74) is 1.05. The maximum absolute atomic E-state index is 6.22. The van der Waals surface area contributed by atoms with E-state index in [-0.39, 0.29) is 6.04 Å². The van der Waals surface area contributed by atoms with Gasteiger partial charge in [-0.3, -0.25) is 4.68 Å². The smallest absolute Gasteiger partial charge is 0.0834 e. The molecule has 102 valence electrons. The molecule has 1 aromatic carbocycles. The SMILES string of the molecule is CCNC(CSc1ccccc1)c1c(Cl)cnn1C. The summed E-state index contributed by atoms with van der Waals surface area (Å²) >= 11 is 8.05. The van der Waals surface area contributed by atoms with E-state index in [9.17, 15) is 0 Å². The number of nitrogens with zero attached hydrogens (tertiary/aromatic N) is 2. The lowest BCUT2D eigenvalue weighted by Crippen LogP contribution is -2.25. The van der Waals surface area contributed by atoms with Crippen molar-refractivity contribution >= 4 is 23.4 Å². The van der Waals surface area contributed by atoms with Gasteiger partial charge in [0.05, 0.1) is 23.0 Å². The largest absolute Gasteiger partial charge is 0.308 e. The van der Waals surface area contributed by atoms with E-state index in [2.05, 4.69) is 41.6 Å². The van der Waals surface area contributed by atoms with Crippen molar-refractivity contribution in [1.29, 1.82) is 0 Å². The fourth-order valence-corrected chi connectivity index (χ4v) is 3.27. The van der Waals surface area contributed by atoms with E-state index in [0.717, 1.165) is 23.0 Å². The Morgan fingerprint density at radius 2 is 2.11 bits per heavy atom. The number of thioether (sulfide) groups is 1. The Bertz CT molecular complexity index is 493. The minimum Gasteiger partial charge on any atom is -0.308 e. The van der Waals surface area contributed by atoms with Crippen molar-refractivity contribution in [2.75, 3.05) is 12.3 Å². The summed E-state index contributed by atoms with van der Waals surface area (Å²) in [5.74, 6) is 0.928. The van der Waals surface area contributed by atoms with Crippen LogP contribution in [0.5, 0.6) is 0 Å². The summed E-state index contributed by atoms with van der Waals surface area (Å²) in [6, 6.07) is 10.6. The molecule has 0 aliphatic heterocycles. The van der Waals surface area contributed by atoms with Crippen LogP contribution >= 0.6 is 23.4 Å². The number of nitrogens with one attached hydrogen (secondary N) is 1. The first-order valence-corrected chi connectivity index (χ1v) is 7.67. The fraction of sp³-hybridized carbons (Fsp3) is 0.357. The molecule has 0 radical (unpaired) electrons. The summed E-state index contributed by atoms with van der Waals surface area (Å²) in [6.45, 7) is 3.01. The molecule has 1 unspecified atom stereocenters. The van der Waals surface area contributed by atoms with E-state index in [1.54, 1.807) is 6.20 Å². The molecule has 1 heterocycles. The number of hydrogen-bond donors (Lipinski definition) is 1. The molecule has 3 nitrogen and oxygen atoms in total. The van der Waals surface area contributed by atoms with E-state index >= 15 is 0 Å². The zero-order valence-corrected chi connectivity index (χ0v) is 12.7. The molecule has 0 bridgehead atoms. The van der Waals surface area contributed by atoms with Crippen LogP contribution in [0, 0.1) is 0 Å². The molecule has 0 spiro atoms. The topological polar surface area (TPSA) is 29.9 Å². The first kappa shape index (κ1) is 14.4. The Morgan fingerprint density at radius 3 is 2.68 bits per heavy atom. The molecular weight excluding hydrogens is 278 g/mol. The van der Waals surface area contributed by atoms with Gasteiger partial charge in [0.2, 0.25) is 0 Å². The molecule has 5 heteroatoms. The second-order valence-corrected chi connectivity index (χ2v) is 5.74. The van der Waals surface area contributed by atoms with Crippen LogP contribution < -0.4 is 5.32 Å². The van der Waals surface area contributed by atoms with Crippen molar-refractivity contribution in [1.82, 2.24) is 15.1 Å². The molecule has 1 atom stereocenters. The van der Waals surface area contributed by atoms with Gasteiger partial charge in [-0.15, -0.1) is 11.8 Å². The van der Waals surface area contributed by atoms with Gasteiger partial charge in [-0.25, -0.2) is 0 Å². The Balaban J connectivity index is 2.09. The van der Waals surface area contributed by atoms with Crippen LogP contribution in [0.2, 0.25) is 5.02 Å². The number of aryl methyl sites for hydroxylation is 1. The molecule has 19 heavy (non-hydrogen) atoms. The van der Waals surface area contributed by atoms with Crippen molar-refractivity contribution in [2.24, 2.45) is 7.05 Å². The first-order valence-electron chi connectivity index (χ1n) is 6.31. The van der Waals surface area contributed by atoms with Crippen molar-refractivity contribution in [3.63, 3.8) is 0 Å². The number of hydrogen-bond acceptors (Lipinski definition) is 3. The average molecular weight is 296 g/mol. The second-order valence-electron chi connectivity index (χ2n) is 4.24. The number of rotatable bonds is 6. The summed E-state index contributed by atoms with van der Waals surface area (Å²) in [6.07, 6.45) is 1.70. The van der Waals surface area contributed by atoms with Crippen LogP contribution in [-0.4, -0.2) is 22.1 Å². The van der Waals surface area contributed by atoms with Crippen LogP contribution in [-0.2, 0) is 7.05 Å². The van der Waals surface area contributed by atoms with Gasteiger partial charge in [0.25, 0.3) is 0 Å². The van der Waals surface area contributed by atoms with Crippen molar-refractivity contribution in [2.45, 2.75) is 17.9 Å². The third kappa shape index (κ3) is 3.75. The van der Waals surface area contributed by atoms with Crippen LogP contribution in [0.3, 0.4) is 0 Å². The highest BCUT2D eigenvalue weighted by Gasteiger charge is 2.18. The van der Waals surface area contributed by atoms with Gasteiger partial charge >= 0.3 is 0 Å². The van der Waals surface area contributed by atoms with E-state index in [0.29, 0.717) is 0 Å². The Kier molecular flexibility index (Phi) is 5.31. The molecule has 2 aromatic rings. The first-order chi connectivity index (χ1) is 9.22. The van der Waals surface area contributed by atoms with E-state index in [4.69, 9.17) is 11.6 Å². The molecule has 0 aliphatic carbocycles. The average Bonchev–Trinajstić information content (AvgIpc) is 2.76. The van der Waals surface area contributed by atoms with Crippen LogP contribution in [0.4, 0.5) is 0 Å². The molecule has 0 saturated heterocycles. The lowest BCUT2D eigenvalue weighted by Gasteiger charge is -2.18. The summed E-state index contributed by atoms with van der Waals surface area (Å²) in [5, 5.41) is 8.40. The van der Waals surface area contributed by atoms with Gasteiger partial charge in [0.15, 0.2) is 0 Å². The van der Waals surface area contributed by atoms with Crippen molar-refractivity contribution in [3.8, 4) is 0 Å². The predicted octanol–water partition coefficient (Wildman–Crippen LogP) is 3.52. The highest BCUT2D eigenvalue weighted by Crippen LogP contribution is 2.28. The number of aromatic nitrogens is 2. The minimum absolute atomic E-state index is 0.204. The van der Waals surface area contributed by atoms with Gasteiger partial charge in [-0.2, -0.15) is 5.10 Å². The van der Waals surface area contributed by atoms with Crippen molar-refractivity contribution in [3.05, 3.63) is 47.2 Å². The fourth-order valence-electron chi connectivity index (χ4n) is 1.99. The van der Waals surface area contributed by atoms with Gasteiger partial charge < -0.3 is 5.32 Å². The van der Waals surface area contributed by atoms with Gasteiger partial charge in [0.1, 0.15) is 0 Å². The highest BCUT2D eigenvalue weighted by atomic mass is 35.5. The Hall–Kier alpha value is -0.970. The lowest BCUT2D eigenvalue weighted by atomic mass is 10.2. The highest BCUT2D eigenvalue weighted by molar-refractivity contribution is 7.99. The summed E-state index contributed by atoms with van der Waals surface area (Å²) < 4.78 is 1.85. The molecule has 1 N–H and O–H groups in total. The van der Waals surface area contributed by atoms with Gasteiger partial charge in [-0.1, -0.05) is 36.7 Å². The maximum Gasteiger partial charge on any atom is 0.0834 e. The summed E-state index contributed by atoms with van der Waals surface area (Å²) in [4.78, 5) is 1.27. The van der Waals surface area contributed by atoms with Crippen LogP contribution in [0.1, 0.15) is 18.7 Å². The zero-order chi connectivity index (χ0) is 13.7. The second kappa shape index (κ2) is 6.98. The minimum atomic E-state index is 0.204. The number of halogens is 1. The lowest BCUT2D eigenvalue weighted by molar-refractivity contribution is 0.553. The molecule has 2 rings (SSSR count). The van der Waals surface area contributed by atoms with E-state index < -0.39 is 0 Å².